The number of hydrogen-bond donors (Lipinski definition) is 3. The summed E-state index contributed by atoms with van der Waals surface area (Å²) in [5.74, 6) is 0.434. The third kappa shape index (κ3) is 2.01. The van der Waals surface area contributed by atoms with Crippen LogP contribution in [0.1, 0.15) is 15.9 Å². The van der Waals surface area contributed by atoms with Gasteiger partial charge in [0.05, 0.1) is 6.20 Å². The van der Waals surface area contributed by atoms with Crippen LogP contribution >= 0.6 is 0 Å². The Morgan fingerprint density at radius 3 is 3.05 bits per heavy atom. The Bertz CT molecular complexity index is 771. The van der Waals surface area contributed by atoms with E-state index in [1.165, 1.54) is 0 Å². The Labute approximate surface area is 115 Å². The van der Waals surface area contributed by atoms with Gasteiger partial charge in [0.25, 0.3) is 5.91 Å². The molecule has 6 nitrogen and oxygen atoms in total. The molecule has 0 aliphatic carbocycles. The highest BCUT2D eigenvalue weighted by Gasteiger charge is 2.11. The fraction of sp³-hybridized carbons (Fsp3) is 0.143. The number of nitrogens with one attached hydrogen (secondary N) is 2. The second kappa shape index (κ2) is 4.73. The molecular formula is C14H15N5O. The number of aryl methyl sites for hydroxylation is 1. The standard InChI is InChI=1S/C14H15N5O/c1-19-13(15)9(8-18-19)7-17-14(20)11-3-2-4-12-10(11)5-6-16-12/h2-6,8,16H,7,15H2,1H3,(H,17,20). The number of aromatic amines is 1. The molecule has 0 unspecified atom stereocenters. The highest BCUT2D eigenvalue weighted by atomic mass is 16.1. The van der Waals surface area contributed by atoms with Crippen molar-refractivity contribution in [2.75, 3.05) is 5.73 Å². The first-order valence-electron chi connectivity index (χ1n) is 6.27. The monoisotopic (exact) mass is 269 g/mol. The van der Waals surface area contributed by atoms with Crippen molar-refractivity contribution >= 4 is 22.6 Å². The van der Waals surface area contributed by atoms with Gasteiger partial charge in [-0.3, -0.25) is 9.48 Å². The van der Waals surface area contributed by atoms with Crippen LogP contribution in [-0.4, -0.2) is 20.7 Å². The average Bonchev–Trinajstić information content (AvgIpc) is 3.04. The highest BCUT2D eigenvalue weighted by Crippen LogP contribution is 2.17. The van der Waals surface area contributed by atoms with E-state index in [2.05, 4.69) is 15.4 Å². The van der Waals surface area contributed by atoms with Gasteiger partial charge in [-0.1, -0.05) is 6.07 Å². The lowest BCUT2D eigenvalue weighted by atomic mass is 10.1. The molecule has 0 bridgehead atoms. The molecule has 0 spiro atoms. The number of rotatable bonds is 3. The van der Waals surface area contributed by atoms with Gasteiger partial charge < -0.3 is 16.0 Å². The number of nitrogens with two attached hydrogens (primary N) is 1. The Kier molecular flexibility index (Phi) is 2.90. The SMILES string of the molecule is Cn1ncc(CNC(=O)c2cccc3[nH]ccc23)c1N. The second-order valence-corrected chi connectivity index (χ2v) is 4.61. The summed E-state index contributed by atoms with van der Waals surface area (Å²) in [5, 5.41) is 7.82. The van der Waals surface area contributed by atoms with Crippen molar-refractivity contribution in [2.24, 2.45) is 7.05 Å². The van der Waals surface area contributed by atoms with E-state index in [0.717, 1.165) is 16.5 Å². The Balaban J connectivity index is 1.80. The number of aromatic nitrogens is 3. The van der Waals surface area contributed by atoms with Crippen LogP contribution in [0.3, 0.4) is 0 Å². The number of benzene rings is 1. The van der Waals surface area contributed by atoms with Crippen molar-refractivity contribution in [2.45, 2.75) is 6.54 Å². The molecule has 1 amide bonds. The first kappa shape index (κ1) is 12.3. The van der Waals surface area contributed by atoms with Crippen molar-refractivity contribution in [3.63, 3.8) is 0 Å². The number of carbonyl (C=O) groups excluding carboxylic acids is 1. The Morgan fingerprint density at radius 2 is 2.30 bits per heavy atom. The van der Waals surface area contributed by atoms with E-state index in [-0.39, 0.29) is 5.91 Å². The lowest BCUT2D eigenvalue weighted by Crippen LogP contribution is -2.23. The summed E-state index contributed by atoms with van der Waals surface area (Å²) in [5.41, 5.74) is 8.24. The molecule has 0 aliphatic heterocycles. The summed E-state index contributed by atoms with van der Waals surface area (Å²) in [4.78, 5) is 15.3. The second-order valence-electron chi connectivity index (χ2n) is 4.61. The van der Waals surface area contributed by atoms with Crippen LogP contribution in [-0.2, 0) is 13.6 Å². The first-order valence-corrected chi connectivity index (χ1v) is 6.27. The van der Waals surface area contributed by atoms with Crippen molar-refractivity contribution in [3.05, 3.63) is 47.8 Å². The lowest BCUT2D eigenvalue weighted by molar-refractivity contribution is 0.0952. The molecule has 2 aromatic heterocycles. The van der Waals surface area contributed by atoms with Crippen molar-refractivity contribution < 1.29 is 4.79 Å². The summed E-state index contributed by atoms with van der Waals surface area (Å²) in [6.45, 7) is 0.360. The summed E-state index contributed by atoms with van der Waals surface area (Å²) in [6, 6.07) is 7.48. The molecule has 1 aromatic carbocycles. The molecule has 0 atom stereocenters. The van der Waals surface area contributed by atoms with Crippen LogP contribution < -0.4 is 11.1 Å². The number of hydrogen-bond acceptors (Lipinski definition) is 3. The van der Waals surface area contributed by atoms with Crippen LogP contribution in [0, 0.1) is 0 Å². The number of anilines is 1. The maximum Gasteiger partial charge on any atom is 0.252 e. The summed E-state index contributed by atoms with van der Waals surface area (Å²) in [7, 11) is 1.77. The van der Waals surface area contributed by atoms with E-state index < -0.39 is 0 Å². The molecule has 102 valence electrons. The van der Waals surface area contributed by atoms with Crippen LogP contribution in [0.25, 0.3) is 10.9 Å². The summed E-state index contributed by atoms with van der Waals surface area (Å²) < 4.78 is 1.58. The number of nitrogen functional groups attached to an aromatic ring is 1. The quantitative estimate of drug-likeness (QED) is 0.671. The zero-order valence-electron chi connectivity index (χ0n) is 11.1. The molecule has 0 fully saturated rings. The number of nitrogens with zero attached hydrogens (tertiary/aromatic N) is 2. The summed E-state index contributed by atoms with van der Waals surface area (Å²) in [6.07, 6.45) is 3.48. The molecule has 3 rings (SSSR count). The van der Waals surface area contributed by atoms with Crippen molar-refractivity contribution in [1.82, 2.24) is 20.1 Å². The molecule has 0 aliphatic rings. The van der Waals surface area contributed by atoms with Gasteiger partial charge in [0.1, 0.15) is 5.82 Å². The van der Waals surface area contributed by atoms with Gasteiger partial charge in [-0.2, -0.15) is 5.10 Å². The third-order valence-corrected chi connectivity index (χ3v) is 3.34. The predicted molar refractivity (Wildman–Crippen MR) is 77.1 cm³/mol. The van der Waals surface area contributed by atoms with Gasteiger partial charge in [-0.25, -0.2) is 0 Å². The van der Waals surface area contributed by atoms with Crippen LogP contribution in [0.15, 0.2) is 36.7 Å². The molecule has 0 saturated carbocycles. The van der Waals surface area contributed by atoms with E-state index >= 15 is 0 Å². The zero-order valence-corrected chi connectivity index (χ0v) is 11.1. The van der Waals surface area contributed by atoms with E-state index in [1.54, 1.807) is 24.0 Å². The molecule has 20 heavy (non-hydrogen) atoms. The molecule has 2 heterocycles. The molecule has 0 radical (unpaired) electrons. The van der Waals surface area contributed by atoms with Gasteiger partial charge in [0.2, 0.25) is 0 Å². The maximum atomic E-state index is 12.3. The Morgan fingerprint density at radius 1 is 1.45 bits per heavy atom. The molecule has 3 aromatic rings. The first-order chi connectivity index (χ1) is 9.66. The van der Waals surface area contributed by atoms with Crippen molar-refractivity contribution in [1.29, 1.82) is 0 Å². The van der Waals surface area contributed by atoms with Gasteiger partial charge >= 0.3 is 0 Å². The lowest BCUT2D eigenvalue weighted by Gasteiger charge is -2.06. The number of amides is 1. The smallest absolute Gasteiger partial charge is 0.252 e. The molecule has 6 heteroatoms. The molecular weight excluding hydrogens is 254 g/mol. The van der Waals surface area contributed by atoms with Gasteiger partial charge in [0.15, 0.2) is 0 Å². The van der Waals surface area contributed by atoms with Crippen LogP contribution in [0.2, 0.25) is 0 Å². The van der Waals surface area contributed by atoms with E-state index in [4.69, 9.17) is 5.73 Å². The van der Waals surface area contributed by atoms with E-state index in [1.807, 2.05) is 24.4 Å². The maximum absolute atomic E-state index is 12.3. The topological polar surface area (TPSA) is 88.7 Å². The average molecular weight is 269 g/mol. The number of fused-ring (bicyclic) bond motifs is 1. The minimum atomic E-state index is -0.126. The minimum Gasteiger partial charge on any atom is -0.384 e. The predicted octanol–water partition coefficient (Wildman–Crippen LogP) is 1.41. The molecule has 0 saturated heterocycles. The number of carbonyl (C=O) groups is 1. The van der Waals surface area contributed by atoms with Crippen molar-refractivity contribution in [3.8, 4) is 0 Å². The highest BCUT2D eigenvalue weighted by molar-refractivity contribution is 6.06. The normalized spacial score (nSPS) is 10.8. The van der Waals surface area contributed by atoms with Gasteiger partial charge in [-0.15, -0.1) is 0 Å². The fourth-order valence-electron chi connectivity index (χ4n) is 2.18. The van der Waals surface area contributed by atoms with Gasteiger partial charge in [0, 0.05) is 41.8 Å². The largest absolute Gasteiger partial charge is 0.384 e. The van der Waals surface area contributed by atoms with E-state index in [9.17, 15) is 4.79 Å². The minimum absolute atomic E-state index is 0.126. The van der Waals surface area contributed by atoms with E-state index in [0.29, 0.717) is 17.9 Å². The fourth-order valence-corrected chi connectivity index (χ4v) is 2.18. The summed E-state index contributed by atoms with van der Waals surface area (Å²) >= 11 is 0. The Hall–Kier alpha value is -2.76. The van der Waals surface area contributed by atoms with Gasteiger partial charge in [-0.05, 0) is 18.2 Å². The zero-order chi connectivity index (χ0) is 14.1. The third-order valence-electron chi connectivity index (χ3n) is 3.34. The van der Waals surface area contributed by atoms with Crippen LogP contribution in [0.5, 0.6) is 0 Å². The number of H-pyrrole nitrogens is 1. The molecule has 4 N–H and O–H groups in total. The van der Waals surface area contributed by atoms with Crippen LogP contribution in [0.4, 0.5) is 5.82 Å².